The van der Waals surface area contributed by atoms with Crippen molar-refractivity contribution in [3.63, 3.8) is 0 Å². The Balaban J connectivity index is 2.82. The monoisotopic (exact) mass is 301 g/mol. The van der Waals surface area contributed by atoms with Gasteiger partial charge in [0.1, 0.15) is 5.82 Å². The molecule has 94 valence electrons. The average molecular weight is 302 g/mol. The van der Waals surface area contributed by atoms with Crippen LogP contribution in [0.2, 0.25) is 0 Å². The lowest BCUT2D eigenvalue weighted by molar-refractivity contribution is 0.0762. The fraction of sp³-hybridized carbons (Fsp3) is 0.462. The average Bonchev–Trinajstić information content (AvgIpc) is 2.33. The van der Waals surface area contributed by atoms with Gasteiger partial charge in [0, 0.05) is 18.7 Å². The Bertz CT molecular complexity index is 395. The van der Waals surface area contributed by atoms with E-state index in [1.54, 1.807) is 4.90 Å². The van der Waals surface area contributed by atoms with Gasteiger partial charge in [-0.05, 0) is 47.5 Å². The van der Waals surface area contributed by atoms with Crippen LogP contribution in [0, 0.1) is 5.82 Å². The van der Waals surface area contributed by atoms with Gasteiger partial charge in [-0.15, -0.1) is 0 Å². The second-order valence-corrected chi connectivity index (χ2v) is 4.72. The maximum absolute atomic E-state index is 13.1. The molecule has 0 saturated heterocycles. The summed E-state index contributed by atoms with van der Waals surface area (Å²) in [6.07, 6.45) is 2.04. The zero-order chi connectivity index (χ0) is 12.8. The van der Waals surface area contributed by atoms with Crippen LogP contribution >= 0.6 is 15.9 Å². The maximum atomic E-state index is 13.1. The standard InChI is InChI=1S/C13H17BrFNO/c1-3-5-8-16(4-2)13(17)10-6-7-12(15)11(14)9-10/h6-7,9H,3-5,8H2,1-2H3. The van der Waals surface area contributed by atoms with Crippen LogP contribution in [0.1, 0.15) is 37.0 Å². The summed E-state index contributed by atoms with van der Waals surface area (Å²) in [5, 5.41) is 0. The Morgan fingerprint density at radius 3 is 2.65 bits per heavy atom. The van der Waals surface area contributed by atoms with Crippen LogP contribution in [0.15, 0.2) is 22.7 Å². The van der Waals surface area contributed by atoms with Gasteiger partial charge in [0.25, 0.3) is 5.91 Å². The molecule has 0 bridgehead atoms. The minimum absolute atomic E-state index is 0.0401. The van der Waals surface area contributed by atoms with Gasteiger partial charge in [-0.25, -0.2) is 4.39 Å². The van der Waals surface area contributed by atoms with Crippen LogP contribution in [0.3, 0.4) is 0 Å². The molecule has 0 atom stereocenters. The molecule has 0 unspecified atom stereocenters. The van der Waals surface area contributed by atoms with E-state index in [9.17, 15) is 9.18 Å². The fourth-order valence-corrected chi connectivity index (χ4v) is 1.94. The highest BCUT2D eigenvalue weighted by Crippen LogP contribution is 2.18. The minimum atomic E-state index is -0.349. The van der Waals surface area contributed by atoms with E-state index < -0.39 is 0 Å². The molecule has 0 saturated carbocycles. The number of amides is 1. The van der Waals surface area contributed by atoms with Crippen LogP contribution in [0.4, 0.5) is 4.39 Å². The highest BCUT2D eigenvalue weighted by Gasteiger charge is 2.14. The number of unbranched alkanes of at least 4 members (excludes halogenated alkanes) is 1. The molecule has 17 heavy (non-hydrogen) atoms. The van der Waals surface area contributed by atoms with E-state index in [1.165, 1.54) is 18.2 Å². The number of rotatable bonds is 5. The molecule has 4 heteroatoms. The number of nitrogens with zero attached hydrogens (tertiary/aromatic N) is 1. The molecule has 0 radical (unpaired) electrons. The van der Waals surface area contributed by atoms with Gasteiger partial charge in [0.2, 0.25) is 0 Å². The topological polar surface area (TPSA) is 20.3 Å². The zero-order valence-electron chi connectivity index (χ0n) is 10.2. The van der Waals surface area contributed by atoms with Gasteiger partial charge in [-0.2, -0.15) is 0 Å². The Kier molecular flexibility index (Phi) is 5.62. The second-order valence-electron chi connectivity index (χ2n) is 3.87. The van der Waals surface area contributed by atoms with Crippen LogP contribution in [-0.2, 0) is 0 Å². The zero-order valence-corrected chi connectivity index (χ0v) is 11.8. The molecule has 1 aromatic carbocycles. The maximum Gasteiger partial charge on any atom is 0.253 e. The number of carbonyl (C=O) groups excluding carboxylic acids is 1. The highest BCUT2D eigenvalue weighted by molar-refractivity contribution is 9.10. The van der Waals surface area contributed by atoms with E-state index in [0.717, 1.165) is 19.4 Å². The number of halogens is 2. The van der Waals surface area contributed by atoms with E-state index in [4.69, 9.17) is 0 Å². The second kappa shape index (κ2) is 6.74. The van der Waals surface area contributed by atoms with Crippen molar-refractivity contribution in [3.8, 4) is 0 Å². The molecule has 0 aliphatic rings. The lowest BCUT2D eigenvalue weighted by Crippen LogP contribution is -2.31. The summed E-state index contributed by atoms with van der Waals surface area (Å²) >= 11 is 3.09. The molecule has 0 heterocycles. The Morgan fingerprint density at radius 1 is 1.41 bits per heavy atom. The molecule has 0 aromatic heterocycles. The van der Waals surface area contributed by atoms with Gasteiger partial charge in [0.15, 0.2) is 0 Å². The van der Waals surface area contributed by atoms with E-state index in [0.29, 0.717) is 16.6 Å². The van der Waals surface area contributed by atoms with Crippen molar-refractivity contribution < 1.29 is 9.18 Å². The molecule has 0 aliphatic carbocycles. The quantitative estimate of drug-likeness (QED) is 0.809. The molecular formula is C13H17BrFNO. The van der Waals surface area contributed by atoms with Crippen molar-refractivity contribution in [2.45, 2.75) is 26.7 Å². The normalized spacial score (nSPS) is 10.4. The SMILES string of the molecule is CCCCN(CC)C(=O)c1ccc(F)c(Br)c1. The summed E-state index contributed by atoms with van der Waals surface area (Å²) in [7, 11) is 0. The van der Waals surface area contributed by atoms with Crippen molar-refractivity contribution in [1.29, 1.82) is 0 Å². The summed E-state index contributed by atoms with van der Waals surface area (Å²) in [6.45, 7) is 5.47. The van der Waals surface area contributed by atoms with Crippen LogP contribution < -0.4 is 0 Å². The predicted molar refractivity (Wildman–Crippen MR) is 70.6 cm³/mol. The molecule has 0 fully saturated rings. The van der Waals surface area contributed by atoms with Crippen molar-refractivity contribution in [2.24, 2.45) is 0 Å². The van der Waals surface area contributed by atoms with E-state index in [-0.39, 0.29) is 11.7 Å². The highest BCUT2D eigenvalue weighted by atomic mass is 79.9. The summed E-state index contributed by atoms with van der Waals surface area (Å²) in [5.74, 6) is -0.389. The molecule has 1 rings (SSSR count). The molecule has 0 N–H and O–H groups in total. The number of benzene rings is 1. The molecule has 1 aromatic rings. The first kappa shape index (κ1) is 14.2. The summed E-state index contributed by atoms with van der Waals surface area (Å²) in [6, 6.07) is 4.37. The molecular weight excluding hydrogens is 285 g/mol. The lowest BCUT2D eigenvalue weighted by atomic mass is 10.2. The first-order chi connectivity index (χ1) is 8.10. The third-order valence-electron chi connectivity index (χ3n) is 2.62. The van der Waals surface area contributed by atoms with Crippen molar-refractivity contribution in [1.82, 2.24) is 4.90 Å². The molecule has 0 spiro atoms. The minimum Gasteiger partial charge on any atom is -0.339 e. The smallest absolute Gasteiger partial charge is 0.253 e. The van der Waals surface area contributed by atoms with Crippen molar-refractivity contribution in [3.05, 3.63) is 34.1 Å². The number of hydrogen-bond donors (Lipinski definition) is 0. The van der Waals surface area contributed by atoms with Crippen LogP contribution in [0.25, 0.3) is 0 Å². The Morgan fingerprint density at radius 2 is 2.12 bits per heavy atom. The summed E-state index contributed by atoms with van der Waals surface area (Å²) in [5.41, 5.74) is 0.524. The van der Waals surface area contributed by atoms with Gasteiger partial charge < -0.3 is 4.90 Å². The third kappa shape index (κ3) is 3.80. The Hall–Kier alpha value is -0.900. The van der Waals surface area contributed by atoms with Gasteiger partial charge in [0.05, 0.1) is 4.47 Å². The Labute approximate surface area is 110 Å². The van der Waals surface area contributed by atoms with Gasteiger partial charge in [-0.3, -0.25) is 4.79 Å². The van der Waals surface area contributed by atoms with E-state index >= 15 is 0 Å². The largest absolute Gasteiger partial charge is 0.339 e. The van der Waals surface area contributed by atoms with Crippen LogP contribution in [-0.4, -0.2) is 23.9 Å². The van der Waals surface area contributed by atoms with Crippen molar-refractivity contribution in [2.75, 3.05) is 13.1 Å². The number of carbonyl (C=O) groups is 1. The first-order valence-corrected chi connectivity index (χ1v) is 6.63. The van der Waals surface area contributed by atoms with Crippen LogP contribution in [0.5, 0.6) is 0 Å². The first-order valence-electron chi connectivity index (χ1n) is 5.84. The van der Waals surface area contributed by atoms with Gasteiger partial charge >= 0.3 is 0 Å². The molecule has 2 nitrogen and oxygen atoms in total. The predicted octanol–water partition coefficient (Wildman–Crippen LogP) is 3.85. The summed E-state index contributed by atoms with van der Waals surface area (Å²) < 4.78 is 13.4. The summed E-state index contributed by atoms with van der Waals surface area (Å²) in [4.78, 5) is 13.9. The lowest BCUT2D eigenvalue weighted by Gasteiger charge is -2.20. The van der Waals surface area contributed by atoms with E-state index in [2.05, 4.69) is 22.9 Å². The molecule has 0 aliphatic heterocycles. The van der Waals surface area contributed by atoms with Gasteiger partial charge in [-0.1, -0.05) is 13.3 Å². The fourth-order valence-electron chi connectivity index (χ4n) is 1.56. The van der Waals surface area contributed by atoms with Crippen molar-refractivity contribution >= 4 is 21.8 Å². The van der Waals surface area contributed by atoms with E-state index in [1.807, 2.05) is 6.92 Å². The third-order valence-corrected chi connectivity index (χ3v) is 3.22. The number of hydrogen-bond acceptors (Lipinski definition) is 1. The molecule has 1 amide bonds.